The van der Waals surface area contributed by atoms with Crippen LogP contribution in [-0.4, -0.2) is 22.1 Å². The Balaban J connectivity index is 2.00. The van der Waals surface area contributed by atoms with Crippen molar-refractivity contribution in [3.05, 3.63) is 69.7 Å². The van der Waals surface area contributed by atoms with Gasteiger partial charge in [0.25, 0.3) is 0 Å². The number of para-hydroxylation sites is 1. The number of hydrogen-bond donors (Lipinski definition) is 3. The van der Waals surface area contributed by atoms with Gasteiger partial charge in [-0.2, -0.15) is 0 Å². The van der Waals surface area contributed by atoms with Crippen LogP contribution in [0.25, 0.3) is 6.08 Å². The van der Waals surface area contributed by atoms with Crippen LogP contribution in [0.2, 0.25) is 10.0 Å². The third-order valence-electron chi connectivity index (χ3n) is 3.02. The van der Waals surface area contributed by atoms with E-state index >= 15 is 0 Å². The van der Waals surface area contributed by atoms with Gasteiger partial charge in [0, 0.05) is 16.1 Å². The van der Waals surface area contributed by atoms with Gasteiger partial charge < -0.3 is 10.4 Å². The van der Waals surface area contributed by atoms with Gasteiger partial charge in [-0.15, -0.1) is 0 Å². The van der Waals surface area contributed by atoms with Gasteiger partial charge in [0.05, 0.1) is 11.3 Å². The van der Waals surface area contributed by atoms with E-state index in [2.05, 4.69) is 10.6 Å². The first kappa shape index (κ1) is 18.9. The summed E-state index contributed by atoms with van der Waals surface area (Å²) in [5, 5.41) is 15.1. The summed E-state index contributed by atoms with van der Waals surface area (Å²) in [5.41, 5.74) is 0.948. The van der Waals surface area contributed by atoms with Gasteiger partial charge in [-0.1, -0.05) is 41.4 Å². The predicted molar refractivity (Wildman–Crippen MR) is 103 cm³/mol. The number of anilines is 1. The van der Waals surface area contributed by atoms with Crippen molar-refractivity contribution in [2.75, 3.05) is 5.32 Å². The maximum Gasteiger partial charge on any atom is 0.337 e. The van der Waals surface area contributed by atoms with Crippen molar-refractivity contribution in [2.24, 2.45) is 0 Å². The number of nitrogens with one attached hydrogen (secondary N) is 2. The van der Waals surface area contributed by atoms with Crippen molar-refractivity contribution in [3.63, 3.8) is 0 Å². The van der Waals surface area contributed by atoms with Gasteiger partial charge >= 0.3 is 5.97 Å². The fourth-order valence-corrected chi connectivity index (χ4v) is 2.57. The normalized spacial score (nSPS) is 10.5. The van der Waals surface area contributed by atoms with Crippen LogP contribution in [0.3, 0.4) is 0 Å². The van der Waals surface area contributed by atoms with Crippen LogP contribution in [0.1, 0.15) is 15.9 Å². The van der Waals surface area contributed by atoms with E-state index in [0.717, 1.165) is 0 Å². The smallest absolute Gasteiger partial charge is 0.337 e. The van der Waals surface area contributed by atoms with Crippen LogP contribution in [-0.2, 0) is 4.79 Å². The van der Waals surface area contributed by atoms with Gasteiger partial charge in [-0.3, -0.25) is 10.1 Å². The zero-order chi connectivity index (χ0) is 18.4. The van der Waals surface area contributed by atoms with E-state index in [4.69, 9.17) is 40.5 Å². The zero-order valence-corrected chi connectivity index (χ0v) is 15.0. The third-order valence-corrected chi connectivity index (χ3v) is 3.79. The minimum atomic E-state index is -1.10. The molecule has 5 nitrogen and oxygen atoms in total. The Bertz CT molecular complexity index is 869. The summed E-state index contributed by atoms with van der Waals surface area (Å²) in [6.07, 6.45) is 2.77. The summed E-state index contributed by atoms with van der Waals surface area (Å²) in [4.78, 5) is 23.0. The Morgan fingerprint density at radius 3 is 2.52 bits per heavy atom. The molecule has 8 heteroatoms. The molecule has 0 aliphatic carbocycles. The second-order valence-corrected chi connectivity index (χ2v) is 6.05. The molecule has 0 saturated heterocycles. The molecular formula is C17H12Cl2N2O3S. The monoisotopic (exact) mass is 394 g/mol. The van der Waals surface area contributed by atoms with Crippen LogP contribution in [0.4, 0.5) is 5.69 Å². The SMILES string of the molecule is O=C(C=Cc1ccc(Cl)cc1Cl)NC(=S)Nc1ccccc1C(=O)O. The molecule has 0 atom stereocenters. The van der Waals surface area contributed by atoms with E-state index < -0.39 is 11.9 Å². The molecule has 0 radical (unpaired) electrons. The predicted octanol–water partition coefficient (Wildman–Crippen LogP) is 4.22. The molecule has 0 aliphatic rings. The van der Waals surface area contributed by atoms with Crippen LogP contribution in [0.15, 0.2) is 48.5 Å². The molecule has 0 aliphatic heterocycles. The minimum Gasteiger partial charge on any atom is -0.478 e. The molecule has 1 amide bonds. The first-order valence-electron chi connectivity index (χ1n) is 6.94. The van der Waals surface area contributed by atoms with Gasteiger partial charge in [0.2, 0.25) is 5.91 Å². The Hall–Kier alpha value is -2.41. The number of carboxylic acids is 1. The fraction of sp³-hybridized carbons (Fsp3) is 0. The summed E-state index contributed by atoms with van der Waals surface area (Å²) in [6, 6.07) is 11.1. The molecule has 0 heterocycles. The molecule has 2 rings (SSSR count). The molecule has 3 N–H and O–H groups in total. The summed E-state index contributed by atoms with van der Waals surface area (Å²) in [6.45, 7) is 0. The minimum absolute atomic E-state index is 0.0226. The number of carboxylic acid groups (broad SMARTS) is 1. The second-order valence-electron chi connectivity index (χ2n) is 4.79. The molecule has 0 unspecified atom stereocenters. The van der Waals surface area contributed by atoms with Gasteiger partial charge in [0.1, 0.15) is 0 Å². The number of hydrogen-bond acceptors (Lipinski definition) is 3. The zero-order valence-electron chi connectivity index (χ0n) is 12.6. The molecule has 2 aromatic carbocycles. The van der Waals surface area contributed by atoms with Crippen LogP contribution < -0.4 is 10.6 Å². The third kappa shape index (κ3) is 5.56. The van der Waals surface area contributed by atoms with E-state index in [1.807, 2.05) is 0 Å². The quantitative estimate of drug-likeness (QED) is 0.534. The van der Waals surface area contributed by atoms with Gasteiger partial charge in [-0.05, 0) is 48.1 Å². The molecular weight excluding hydrogens is 383 g/mol. The lowest BCUT2D eigenvalue weighted by Crippen LogP contribution is -2.33. The maximum absolute atomic E-state index is 11.9. The highest BCUT2D eigenvalue weighted by molar-refractivity contribution is 7.80. The van der Waals surface area contributed by atoms with Crippen LogP contribution in [0.5, 0.6) is 0 Å². The average Bonchev–Trinajstić information content (AvgIpc) is 2.54. The Kier molecular flexibility index (Phi) is 6.52. The largest absolute Gasteiger partial charge is 0.478 e. The molecule has 0 aromatic heterocycles. The van der Waals surface area contributed by atoms with E-state index in [-0.39, 0.29) is 16.4 Å². The summed E-state index contributed by atoms with van der Waals surface area (Å²) in [5.74, 6) is -1.59. The van der Waals surface area contributed by atoms with Crippen molar-refractivity contribution < 1.29 is 14.7 Å². The van der Waals surface area contributed by atoms with Crippen molar-refractivity contribution in [1.82, 2.24) is 5.32 Å². The standard InChI is InChI=1S/C17H12Cl2N2O3S/c18-11-7-5-10(13(19)9-11)6-8-15(22)21-17(25)20-14-4-2-1-3-12(14)16(23)24/h1-9H,(H,23,24)(H2,20,21,22,25). The number of carbonyl (C=O) groups is 2. The number of benzene rings is 2. The van der Waals surface area contributed by atoms with E-state index in [1.165, 1.54) is 18.2 Å². The Morgan fingerprint density at radius 2 is 1.84 bits per heavy atom. The lowest BCUT2D eigenvalue weighted by Gasteiger charge is -2.10. The number of halogens is 2. The number of thiocarbonyl (C=S) groups is 1. The molecule has 0 bridgehead atoms. The van der Waals surface area contributed by atoms with E-state index in [1.54, 1.807) is 36.4 Å². The number of rotatable bonds is 4. The molecule has 0 spiro atoms. The molecule has 0 saturated carbocycles. The average molecular weight is 395 g/mol. The summed E-state index contributed by atoms with van der Waals surface area (Å²) in [7, 11) is 0. The van der Waals surface area contributed by atoms with Crippen molar-refractivity contribution >= 4 is 64.2 Å². The molecule has 25 heavy (non-hydrogen) atoms. The summed E-state index contributed by atoms with van der Waals surface area (Å²) >= 11 is 16.8. The topological polar surface area (TPSA) is 78.4 Å². The Morgan fingerprint density at radius 1 is 1.12 bits per heavy atom. The maximum atomic E-state index is 11.9. The highest BCUT2D eigenvalue weighted by Crippen LogP contribution is 2.21. The van der Waals surface area contributed by atoms with E-state index in [9.17, 15) is 9.59 Å². The second kappa shape index (κ2) is 8.62. The Labute approximate surface area is 159 Å². The van der Waals surface area contributed by atoms with Crippen molar-refractivity contribution in [2.45, 2.75) is 0 Å². The van der Waals surface area contributed by atoms with E-state index in [0.29, 0.717) is 15.6 Å². The molecule has 128 valence electrons. The first-order valence-corrected chi connectivity index (χ1v) is 8.10. The molecule has 2 aromatic rings. The lowest BCUT2D eigenvalue weighted by molar-refractivity contribution is -0.115. The fourth-order valence-electron chi connectivity index (χ4n) is 1.89. The van der Waals surface area contributed by atoms with Gasteiger partial charge in [0.15, 0.2) is 5.11 Å². The first-order chi connectivity index (χ1) is 11.9. The van der Waals surface area contributed by atoms with Crippen molar-refractivity contribution in [1.29, 1.82) is 0 Å². The van der Waals surface area contributed by atoms with Crippen LogP contribution in [0, 0.1) is 0 Å². The van der Waals surface area contributed by atoms with Crippen LogP contribution >= 0.6 is 35.4 Å². The number of amides is 1. The number of aromatic carboxylic acids is 1. The lowest BCUT2D eigenvalue weighted by atomic mass is 10.2. The number of carbonyl (C=O) groups excluding carboxylic acids is 1. The highest BCUT2D eigenvalue weighted by atomic mass is 35.5. The van der Waals surface area contributed by atoms with Crippen molar-refractivity contribution in [3.8, 4) is 0 Å². The van der Waals surface area contributed by atoms with Gasteiger partial charge in [-0.25, -0.2) is 4.79 Å². The summed E-state index contributed by atoms with van der Waals surface area (Å²) < 4.78 is 0. The highest BCUT2D eigenvalue weighted by Gasteiger charge is 2.10. The molecule has 0 fully saturated rings.